The molecule has 0 spiro atoms. The molecular formula is C21H23N2O3-. The van der Waals surface area contributed by atoms with Crippen molar-refractivity contribution in [2.75, 3.05) is 14.1 Å². The molecule has 0 radical (unpaired) electrons. The first-order chi connectivity index (χ1) is 12.4. The van der Waals surface area contributed by atoms with Crippen LogP contribution in [0.1, 0.15) is 34.0 Å². The summed E-state index contributed by atoms with van der Waals surface area (Å²) in [6.07, 6.45) is 0. The van der Waals surface area contributed by atoms with E-state index in [2.05, 4.69) is 16.3 Å². The van der Waals surface area contributed by atoms with Gasteiger partial charge in [-0.1, -0.05) is 24.3 Å². The number of nitrogens with one attached hydrogen (secondary N) is 1. The Bertz CT molecular complexity index is 877. The van der Waals surface area contributed by atoms with Gasteiger partial charge in [0.1, 0.15) is 5.76 Å². The molecule has 26 heavy (non-hydrogen) atoms. The summed E-state index contributed by atoms with van der Waals surface area (Å²) in [6, 6.07) is 12.3. The molecule has 3 rings (SSSR count). The zero-order chi connectivity index (χ0) is 18.8. The number of carbonyl (C=O) groups is 2. The summed E-state index contributed by atoms with van der Waals surface area (Å²) < 4.78 is 0. The van der Waals surface area contributed by atoms with E-state index >= 15 is 0 Å². The maximum Gasteiger partial charge on any atom is 0.234 e. The Morgan fingerprint density at radius 2 is 1.77 bits per heavy atom. The van der Waals surface area contributed by atoms with Crippen LogP contribution in [0.25, 0.3) is 5.76 Å². The summed E-state index contributed by atoms with van der Waals surface area (Å²) in [6.45, 7) is 3.17. The van der Waals surface area contributed by atoms with E-state index < -0.39 is 17.6 Å². The lowest BCUT2D eigenvalue weighted by Gasteiger charge is -2.24. The first-order valence-electron chi connectivity index (χ1n) is 8.63. The second-order valence-corrected chi connectivity index (χ2v) is 6.88. The number of fused-ring (bicyclic) bond motifs is 1. The van der Waals surface area contributed by atoms with Crippen molar-refractivity contribution in [2.24, 2.45) is 0 Å². The molecule has 2 N–H and O–H groups in total. The average molecular weight is 351 g/mol. The SMILES string of the molecule is CC(NCc1ccc[c-]1CN(C)C)C1=C(O)c2ccccc2C(=O)C1=O. The van der Waals surface area contributed by atoms with Crippen molar-refractivity contribution in [3.63, 3.8) is 0 Å². The lowest BCUT2D eigenvalue weighted by Crippen LogP contribution is -2.36. The van der Waals surface area contributed by atoms with E-state index in [0.29, 0.717) is 12.1 Å². The van der Waals surface area contributed by atoms with Crippen LogP contribution in [0.4, 0.5) is 0 Å². The molecule has 1 unspecified atom stereocenters. The molecule has 0 amide bonds. The molecule has 0 aromatic heterocycles. The fourth-order valence-corrected chi connectivity index (χ4v) is 3.31. The van der Waals surface area contributed by atoms with Gasteiger partial charge in [-0.2, -0.15) is 11.6 Å². The summed E-state index contributed by atoms with van der Waals surface area (Å²) in [5.74, 6) is -1.32. The van der Waals surface area contributed by atoms with Crippen molar-refractivity contribution in [3.05, 3.63) is 70.3 Å². The summed E-state index contributed by atoms with van der Waals surface area (Å²) >= 11 is 0. The van der Waals surface area contributed by atoms with Gasteiger partial charge in [0.2, 0.25) is 11.6 Å². The average Bonchev–Trinajstić information content (AvgIpc) is 3.04. The molecule has 0 saturated carbocycles. The minimum absolute atomic E-state index is 0.110. The smallest absolute Gasteiger partial charge is 0.234 e. The fraction of sp³-hybridized carbons (Fsp3) is 0.286. The molecule has 0 heterocycles. The quantitative estimate of drug-likeness (QED) is 0.619. The number of aliphatic hydroxyl groups is 1. The van der Waals surface area contributed by atoms with E-state index in [1.807, 2.05) is 26.2 Å². The Labute approximate surface area is 153 Å². The largest absolute Gasteiger partial charge is 0.507 e. The molecule has 5 heteroatoms. The molecule has 5 nitrogen and oxygen atoms in total. The minimum Gasteiger partial charge on any atom is -0.507 e. The highest BCUT2D eigenvalue weighted by atomic mass is 16.3. The Balaban J connectivity index is 1.82. The predicted octanol–water partition coefficient (Wildman–Crippen LogP) is 2.68. The molecule has 0 saturated heterocycles. The molecule has 2 aromatic rings. The van der Waals surface area contributed by atoms with Crippen LogP contribution < -0.4 is 5.32 Å². The Kier molecular flexibility index (Phi) is 5.11. The number of hydrogen-bond donors (Lipinski definition) is 2. The first kappa shape index (κ1) is 18.2. The van der Waals surface area contributed by atoms with E-state index in [9.17, 15) is 14.7 Å². The van der Waals surface area contributed by atoms with E-state index in [4.69, 9.17) is 0 Å². The third-order valence-electron chi connectivity index (χ3n) is 4.66. The highest BCUT2D eigenvalue weighted by molar-refractivity contribution is 6.52. The highest BCUT2D eigenvalue weighted by Gasteiger charge is 2.34. The molecular weight excluding hydrogens is 328 g/mol. The topological polar surface area (TPSA) is 69.6 Å². The number of aliphatic hydroxyl groups excluding tert-OH is 1. The van der Waals surface area contributed by atoms with Crippen LogP contribution in [0, 0.1) is 0 Å². The van der Waals surface area contributed by atoms with Crippen molar-refractivity contribution in [2.45, 2.75) is 26.1 Å². The van der Waals surface area contributed by atoms with Crippen LogP contribution in [0.3, 0.4) is 0 Å². The highest BCUT2D eigenvalue weighted by Crippen LogP contribution is 2.29. The van der Waals surface area contributed by atoms with Crippen LogP contribution in [0.15, 0.2) is 48.0 Å². The van der Waals surface area contributed by atoms with Crippen molar-refractivity contribution in [1.82, 2.24) is 10.2 Å². The number of nitrogens with zero attached hydrogens (tertiary/aromatic N) is 1. The third kappa shape index (κ3) is 3.36. The lowest BCUT2D eigenvalue weighted by molar-refractivity contribution is -0.112. The van der Waals surface area contributed by atoms with Crippen molar-refractivity contribution in [1.29, 1.82) is 0 Å². The summed E-state index contributed by atoms with van der Waals surface area (Å²) in [7, 11) is 4.03. The van der Waals surface area contributed by atoms with Crippen LogP contribution in [0.2, 0.25) is 0 Å². The summed E-state index contributed by atoms with van der Waals surface area (Å²) in [5, 5.41) is 13.8. The second-order valence-electron chi connectivity index (χ2n) is 6.88. The monoisotopic (exact) mass is 351 g/mol. The molecule has 1 aliphatic carbocycles. The first-order valence-corrected chi connectivity index (χ1v) is 8.63. The lowest BCUT2D eigenvalue weighted by atomic mass is 9.85. The number of carbonyl (C=O) groups excluding carboxylic acids is 2. The number of hydrogen-bond acceptors (Lipinski definition) is 5. The summed E-state index contributed by atoms with van der Waals surface area (Å²) in [5.41, 5.74) is 3.16. The van der Waals surface area contributed by atoms with Crippen LogP contribution in [-0.4, -0.2) is 41.7 Å². The van der Waals surface area contributed by atoms with Crippen LogP contribution in [0.5, 0.6) is 0 Å². The second kappa shape index (κ2) is 7.32. The van der Waals surface area contributed by atoms with Gasteiger partial charge in [-0.25, -0.2) is 12.1 Å². The number of benzene rings is 1. The number of Topliss-reactive ketones (excluding diaryl/α,β-unsaturated/α-hetero) is 2. The molecule has 0 bridgehead atoms. The molecule has 0 aliphatic heterocycles. The van der Waals surface area contributed by atoms with E-state index in [0.717, 1.165) is 12.1 Å². The van der Waals surface area contributed by atoms with E-state index in [1.54, 1.807) is 31.2 Å². The molecule has 1 aliphatic rings. The normalized spacial score (nSPS) is 15.5. The van der Waals surface area contributed by atoms with Gasteiger partial charge >= 0.3 is 0 Å². The van der Waals surface area contributed by atoms with Gasteiger partial charge in [0.25, 0.3) is 0 Å². The molecule has 2 aromatic carbocycles. The predicted molar refractivity (Wildman–Crippen MR) is 101 cm³/mol. The molecule has 136 valence electrons. The van der Waals surface area contributed by atoms with Crippen LogP contribution in [-0.2, 0) is 17.9 Å². The molecule has 1 atom stereocenters. The number of rotatable bonds is 6. The van der Waals surface area contributed by atoms with Crippen molar-refractivity contribution >= 4 is 17.3 Å². The summed E-state index contributed by atoms with van der Waals surface area (Å²) in [4.78, 5) is 27.0. The van der Waals surface area contributed by atoms with Gasteiger partial charge in [-0.3, -0.25) is 9.59 Å². The minimum atomic E-state index is -0.641. The van der Waals surface area contributed by atoms with Gasteiger partial charge < -0.3 is 15.3 Å². The van der Waals surface area contributed by atoms with Crippen molar-refractivity contribution < 1.29 is 14.7 Å². The van der Waals surface area contributed by atoms with Gasteiger partial charge in [-0.05, 0) is 34.1 Å². The van der Waals surface area contributed by atoms with Crippen molar-refractivity contribution in [3.8, 4) is 0 Å². The number of ketones is 2. The Hall–Kier alpha value is -2.63. The zero-order valence-corrected chi connectivity index (χ0v) is 15.2. The van der Waals surface area contributed by atoms with E-state index in [1.165, 1.54) is 5.56 Å². The van der Waals surface area contributed by atoms with Gasteiger partial charge in [0.15, 0.2) is 0 Å². The van der Waals surface area contributed by atoms with Gasteiger partial charge in [-0.15, -0.1) is 5.56 Å². The Morgan fingerprint density at radius 1 is 1.08 bits per heavy atom. The Morgan fingerprint density at radius 3 is 2.46 bits per heavy atom. The van der Waals surface area contributed by atoms with Gasteiger partial charge in [0.05, 0.1) is 5.57 Å². The van der Waals surface area contributed by atoms with Crippen LogP contribution >= 0.6 is 0 Å². The molecule has 0 fully saturated rings. The van der Waals surface area contributed by atoms with Gasteiger partial charge in [0, 0.05) is 17.2 Å². The maximum absolute atomic E-state index is 12.5. The third-order valence-corrected chi connectivity index (χ3v) is 4.66. The zero-order valence-electron chi connectivity index (χ0n) is 15.2. The standard InChI is InChI=1S/C21H23N2O3/c1-13(22-11-14-7-6-8-15(14)12-23(2)3)18-19(24)16-9-4-5-10-17(16)20(25)21(18)26/h4-10,13,22,24H,11-12H2,1-3H3/q-1. The maximum atomic E-state index is 12.5. The van der Waals surface area contributed by atoms with E-state index in [-0.39, 0.29) is 16.9 Å². The fourth-order valence-electron chi connectivity index (χ4n) is 3.31.